The van der Waals surface area contributed by atoms with Crippen LogP contribution in [-0.2, 0) is 21.9 Å². The van der Waals surface area contributed by atoms with Crippen molar-refractivity contribution in [3.05, 3.63) is 12.5 Å². The van der Waals surface area contributed by atoms with E-state index in [0.29, 0.717) is 19.6 Å². The van der Waals surface area contributed by atoms with E-state index in [1.807, 2.05) is 6.92 Å². The Kier molecular flexibility index (Phi) is 4.35. The number of imidazole rings is 1. The molecule has 1 atom stereocenters. The van der Waals surface area contributed by atoms with E-state index in [1.54, 1.807) is 11.9 Å². The van der Waals surface area contributed by atoms with Crippen LogP contribution in [0.15, 0.2) is 17.6 Å². The molecule has 2 heterocycles. The Morgan fingerprint density at radius 1 is 1.57 bits per heavy atom. The minimum Gasteiger partial charge on any atom is -0.341 e. The fraction of sp³-hybridized carbons (Fsp3) is 0.667. The van der Waals surface area contributed by atoms with Crippen molar-refractivity contribution in [1.29, 1.82) is 0 Å². The molecule has 1 saturated heterocycles. The SMILES string of the molecule is Cn1cnc(S(=O)(=O)NCC(=O)N2CCC(C)(CN)C2)c1. The third kappa shape index (κ3) is 3.60. The van der Waals surface area contributed by atoms with Gasteiger partial charge in [-0.3, -0.25) is 4.79 Å². The summed E-state index contributed by atoms with van der Waals surface area (Å²) >= 11 is 0. The van der Waals surface area contributed by atoms with Crippen molar-refractivity contribution >= 4 is 15.9 Å². The van der Waals surface area contributed by atoms with E-state index >= 15 is 0 Å². The first-order chi connectivity index (χ1) is 9.76. The number of aromatic nitrogens is 2. The lowest BCUT2D eigenvalue weighted by Gasteiger charge is -2.22. The molecule has 9 heteroatoms. The second-order valence-corrected chi connectivity index (χ2v) is 7.50. The molecule has 0 saturated carbocycles. The first kappa shape index (κ1) is 15.9. The number of rotatable bonds is 5. The molecule has 8 nitrogen and oxygen atoms in total. The number of hydrogen-bond donors (Lipinski definition) is 2. The molecule has 21 heavy (non-hydrogen) atoms. The minimum atomic E-state index is -3.75. The molecule has 1 aromatic rings. The third-order valence-electron chi connectivity index (χ3n) is 3.77. The van der Waals surface area contributed by atoms with Gasteiger partial charge in [0.15, 0.2) is 5.03 Å². The largest absolute Gasteiger partial charge is 0.341 e. The molecule has 1 aromatic heterocycles. The monoisotopic (exact) mass is 315 g/mol. The lowest BCUT2D eigenvalue weighted by atomic mass is 9.90. The summed E-state index contributed by atoms with van der Waals surface area (Å²) in [5.41, 5.74) is 5.62. The average molecular weight is 315 g/mol. The van der Waals surface area contributed by atoms with Crippen LogP contribution in [0.2, 0.25) is 0 Å². The van der Waals surface area contributed by atoms with Crippen molar-refractivity contribution in [3.8, 4) is 0 Å². The van der Waals surface area contributed by atoms with E-state index in [1.165, 1.54) is 17.1 Å². The predicted molar refractivity (Wildman–Crippen MR) is 76.8 cm³/mol. The van der Waals surface area contributed by atoms with E-state index in [2.05, 4.69) is 9.71 Å². The van der Waals surface area contributed by atoms with Crippen molar-refractivity contribution in [3.63, 3.8) is 0 Å². The fourth-order valence-electron chi connectivity index (χ4n) is 2.27. The molecule has 118 valence electrons. The van der Waals surface area contributed by atoms with E-state index in [-0.39, 0.29) is 22.9 Å². The van der Waals surface area contributed by atoms with Gasteiger partial charge in [0.05, 0.1) is 12.9 Å². The highest BCUT2D eigenvalue weighted by atomic mass is 32.2. The van der Waals surface area contributed by atoms with Gasteiger partial charge in [-0.2, -0.15) is 0 Å². The summed E-state index contributed by atoms with van der Waals surface area (Å²) in [6.45, 7) is 3.44. The molecule has 1 aliphatic heterocycles. The molecule has 0 radical (unpaired) electrons. The first-order valence-electron chi connectivity index (χ1n) is 6.71. The Hall–Kier alpha value is -1.45. The summed E-state index contributed by atoms with van der Waals surface area (Å²) in [5.74, 6) is -0.244. The molecule has 0 aliphatic carbocycles. The number of nitrogens with two attached hydrogens (primary N) is 1. The van der Waals surface area contributed by atoms with Gasteiger partial charge in [0.2, 0.25) is 5.91 Å². The summed E-state index contributed by atoms with van der Waals surface area (Å²) in [7, 11) is -2.08. The molecule has 1 aliphatic rings. The average Bonchev–Trinajstić information content (AvgIpc) is 3.04. The maximum absolute atomic E-state index is 12.1. The van der Waals surface area contributed by atoms with Gasteiger partial charge in [-0.25, -0.2) is 18.1 Å². The lowest BCUT2D eigenvalue weighted by Crippen LogP contribution is -2.40. The van der Waals surface area contributed by atoms with Gasteiger partial charge >= 0.3 is 0 Å². The highest BCUT2D eigenvalue weighted by Gasteiger charge is 2.35. The molecule has 1 fully saturated rings. The van der Waals surface area contributed by atoms with Crippen molar-refractivity contribution < 1.29 is 13.2 Å². The number of amides is 1. The van der Waals surface area contributed by atoms with E-state index in [9.17, 15) is 13.2 Å². The summed E-state index contributed by atoms with van der Waals surface area (Å²) in [6, 6.07) is 0. The van der Waals surface area contributed by atoms with Crippen LogP contribution < -0.4 is 10.5 Å². The van der Waals surface area contributed by atoms with Crippen LogP contribution in [0.25, 0.3) is 0 Å². The Balaban J connectivity index is 1.93. The molecule has 0 aromatic carbocycles. The maximum Gasteiger partial charge on any atom is 0.260 e. The Labute approximate surface area is 124 Å². The molecule has 1 unspecified atom stereocenters. The van der Waals surface area contributed by atoms with Crippen molar-refractivity contribution in [2.75, 3.05) is 26.2 Å². The maximum atomic E-state index is 12.1. The number of sulfonamides is 1. The number of carbonyl (C=O) groups is 1. The molecule has 1 amide bonds. The molecular formula is C12H21N5O3S. The summed E-state index contributed by atoms with van der Waals surface area (Å²) in [5, 5.41) is -0.0916. The minimum absolute atomic E-state index is 0.0739. The molecular weight excluding hydrogens is 294 g/mol. The van der Waals surface area contributed by atoms with Crippen molar-refractivity contribution in [1.82, 2.24) is 19.2 Å². The van der Waals surface area contributed by atoms with Crippen LogP contribution in [0.3, 0.4) is 0 Å². The molecule has 2 rings (SSSR count). The standard InChI is InChI=1S/C12H21N5O3S/c1-12(7-13)3-4-17(8-12)11(18)5-15-21(19,20)10-6-16(2)9-14-10/h6,9,15H,3-5,7-8,13H2,1-2H3. The van der Waals surface area contributed by atoms with Crippen LogP contribution in [0, 0.1) is 5.41 Å². The van der Waals surface area contributed by atoms with Gasteiger partial charge < -0.3 is 15.2 Å². The molecule has 0 spiro atoms. The van der Waals surface area contributed by atoms with Crippen LogP contribution >= 0.6 is 0 Å². The number of nitrogens with one attached hydrogen (secondary N) is 1. The second-order valence-electron chi connectivity index (χ2n) is 5.78. The lowest BCUT2D eigenvalue weighted by molar-refractivity contribution is -0.129. The van der Waals surface area contributed by atoms with Crippen LogP contribution in [-0.4, -0.2) is 55.0 Å². The van der Waals surface area contributed by atoms with Gasteiger partial charge in [0.1, 0.15) is 0 Å². The zero-order chi connectivity index (χ0) is 15.7. The van der Waals surface area contributed by atoms with E-state index < -0.39 is 10.0 Å². The van der Waals surface area contributed by atoms with E-state index in [4.69, 9.17) is 5.73 Å². The van der Waals surface area contributed by atoms with Gasteiger partial charge in [0, 0.05) is 26.3 Å². The Morgan fingerprint density at radius 3 is 2.81 bits per heavy atom. The predicted octanol–water partition coefficient (Wildman–Crippen LogP) is -1.10. The van der Waals surface area contributed by atoms with E-state index in [0.717, 1.165) is 6.42 Å². The normalized spacial score (nSPS) is 22.7. The third-order valence-corrected chi connectivity index (χ3v) is 5.06. The van der Waals surface area contributed by atoms with Gasteiger partial charge in [0.25, 0.3) is 10.0 Å². The van der Waals surface area contributed by atoms with Crippen LogP contribution in [0.4, 0.5) is 0 Å². The first-order valence-corrected chi connectivity index (χ1v) is 8.20. The highest BCUT2D eigenvalue weighted by molar-refractivity contribution is 7.89. The number of hydrogen-bond acceptors (Lipinski definition) is 5. The van der Waals surface area contributed by atoms with Gasteiger partial charge in [-0.15, -0.1) is 0 Å². The number of aryl methyl sites for hydroxylation is 1. The van der Waals surface area contributed by atoms with Crippen LogP contribution in [0.1, 0.15) is 13.3 Å². The summed E-state index contributed by atoms with van der Waals surface area (Å²) < 4.78 is 27.8. The van der Waals surface area contributed by atoms with Gasteiger partial charge in [-0.1, -0.05) is 6.92 Å². The van der Waals surface area contributed by atoms with Crippen LogP contribution in [0.5, 0.6) is 0 Å². The number of likely N-dealkylation sites (tertiary alicyclic amines) is 1. The fourth-order valence-corrected chi connectivity index (χ4v) is 3.23. The summed E-state index contributed by atoms with van der Waals surface area (Å²) in [6.07, 6.45) is 3.61. The molecule has 3 N–H and O–H groups in total. The topological polar surface area (TPSA) is 110 Å². The smallest absolute Gasteiger partial charge is 0.260 e. The highest BCUT2D eigenvalue weighted by Crippen LogP contribution is 2.28. The second kappa shape index (κ2) is 5.74. The van der Waals surface area contributed by atoms with Crippen molar-refractivity contribution in [2.45, 2.75) is 18.4 Å². The number of nitrogens with zero attached hydrogens (tertiary/aromatic N) is 3. The summed E-state index contributed by atoms with van der Waals surface area (Å²) in [4.78, 5) is 17.5. The quantitative estimate of drug-likeness (QED) is 0.716. The van der Waals surface area contributed by atoms with Crippen molar-refractivity contribution in [2.24, 2.45) is 18.2 Å². The number of carbonyl (C=O) groups excluding carboxylic acids is 1. The van der Waals surface area contributed by atoms with Gasteiger partial charge in [-0.05, 0) is 18.4 Å². The zero-order valence-corrected chi connectivity index (χ0v) is 13.1. The molecule has 0 bridgehead atoms. The zero-order valence-electron chi connectivity index (χ0n) is 12.2. The Bertz CT molecular complexity index is 627. The Morgan fingerprint density at radius 2 is 2.29 bits per heavy atom.